The van der Waals surface area contributed by atoms with E-state index in [1.54, 1.807) is 36.1 Å². The number of amides is 1. The molecule has 0 spiro atoms. The lowest BCUT2D eigenvalue weighted by atomic mass is 10.0. The van der Waals surface area contributed by atoms with Crippen LogP contribution in [-0.4, -0.2) is 38.0 Å². The van der Waals surface area contributed by atoms with E-state index in [0.717, 1.165) is 5.56 Å². The van der Waals surface area contributed by atoms with Gasteiger partial charge >= 0.3 is 5.97 Å². The summed E-state index contributed by atoms with van der Waals surface area (Å²) in [6.45, 7) is 7.43. The van der Waals surface area contributed by atoms with Gasteiger partial charge in [0.05, 0.1) is 17.2 Å². The number of ether oxygens (including phenoxy) is 1. The van der Waals surface area contributed by atoms with Crippen molar-refractivity contribution in [3.63, 3.8) is 0 Å². The van der Waals surface area contributed by atoms with Crippen LogP contribution in [0.4, 0.5) is 0 Å². The van der Waals surface area contributed by atoms with Crippen LogP contribution in [0.5, 0.6) is 0 Å². The fourth-order valence-electron chi connectivity index (χ4n) is 3.27. The number of carbonyl (C=O) groups is 2. The van der Waals surface area contributed by atoms with Crippen molar-refractivity contribution in [1.82, 2.24) is 14.5 Å². The number of nitrogens with zero attached hydrogens (tertiary/aromatic N) is 3. The summed E-state index contributed by atoms with van der Waals surface area (Å²) < 4.78 is 6.57. The Balaban J connectivity index is 1.71. The Morgan fingerprint density at radius 1 is 1.06 bits per heavy atom. The van der Waals surface area contributed by atoms with Crippen molar-refractivity contribution in [2.75, 3.05) is 0 Å². The number of rotatable bonds is 6. The van der Waals surface area contributed by atoms with Gasteiger partial charge in [-0.05, 0) is 45.4 Å². The number of aromatic nitrogens is 2. The minimum Gasteiger partial charge on any atom is -0.451 e. The average molecular weight is 421 g/mol. The molecular formula is C24H27N3O4. The van der Waals surface area contributed by atoms with Gasteiger partial charge in [0.15, 0.2) is 6.10 Å². The van der Waals surface area contributed by atoms with Gasteiger partial charge in [-0.3, -0.25) is 19.0 Å². The van der Waals surface area contributed by atoms with Gasteiger partial charge in [-0.15, -0.1) is 0 Å². The van der Waals surface area contributed by atoms with E-state index in [9.17, 15) is 14.4 Å². The average Bonchev–Trinajstić information content (AvgIpc) is 2.73. The maximum atomic E-state index is 13.1. The van der Waals surface area contributed by atoms with Crippen LogP contribution in [0.25, 0.3) is 10.9 Å². The molecule has 0 aliphatic carbocycles. The number of benzene rings is 2. The lowest BCUT2D eigenvalue weighted by Crippen LogP contribution is -2.49. The van der Waals surface area contributed by atoms with E-state index in [0.29, 0.717) is 17.4 Å². The first-order valence-corrected chi connectivity index (χ1v) is 10.2. The molecule has 31 heavy (non-hydrogen) atoms. The van der Waals surface area contributed by atoms with Gasteiger partial charge in [-0.1, -0.05) is 42.5 Å². The second-order valence-electron chi connectivity index (χ2n) is 8.41. The van der Waals surface area contributed by atoms with Gasteiger partial charge in [-0.2, -0.15) is 0 Å². The summed E-state index contributed by atoms with van der Waals surface area (Å²) in [5.74, 6) is -0.970. The minimum absolute atomic E-state index is 0.298. The molecule has 162 valence electrons. The molecule has 1 atom stereocenters. The molecule has 7 nitrogen and oxygen atoms in total. The van der Waals surface area contributed by atoms with E-state index >= 15 is 0 Å². The van der Waals surface area contributed by atoms with Gasteiger partial charge in [-0.25, -0.2) is 4.98 Å². The van der Waals surface area contributed by atoms with Crippen LogP contribution in [0.15, 0.2) is 65.7 Å². The van der Waals surface area contributed by atoms with Crippen LogP contribution >= 0.6 is 0 Å². The molecule has 0 bridgehead atoms. The third-order valence-electron chi connectivity index (χ3n) is 4.95. The Morgan fingerprint density at radius 3 is 2.39 bits per heavy atom. The van der Waals surface area contributed by atoms with E-state index in [-0.39, 0.29) is 18.0 Å². The van der Waals surface area contributed by atoms with Crippen molar-refractivity contribution in [3.05, 3.63) is 76.8 Å². The second-order valence-corrected chi connectivity index (χ2v) is 8.41. The molecule has 3 aromatic rings. The van der Waals surface area contributed by atoms with E-state index in [1.807, 2.05) is 51.1 Å². The highest BCUT2D eigenvalue weighted by molar-refractivity contribution is 5.84. The topological polar surface area (TPSA) is 81.5 Å². The quantitative estimate of drug-likeness (QED) is 0.571. The van der Waals surface area contributed by atoms with E-state index in [1.165, 1.54) is 10.9 Å². The molecule has 3 rings (SSSR count). The van der Waals surface area contributed by atoms with Crippen LogP contribution in [0.2, 0.25) is 0 Å². The van der Waals surface area contributed by atoms with Gasteiger partial charge in [0.2, 0.25) is 0 Å². The summed E-state index contributed by atoms with van der Waals surface area (Å²) >= 11 is 0. The number of esters is 1. The lowest BCUT2D eigenvalue weighted by molar-refractivity contribution is -0.162. The zero-order valence-corrected chi connectivity index (χ0v) is 18.2. The van der Waals surface area contributed by atoms with E-state index in [2.05, 4.69) is 4.98 Å². The molecule has 0 unspecified atom stereocenters. The van der Waals surface area contributed by atoms with Gasteiger partial charge < -0.3 is 9.64 Å². The Hall–Kier alpha value is -3.48. The van der Waals surface area contributed by atoms with Crippen molar-refractivity contribution >= 4 is 22.8 Å². The Kier molecular flexibility index (Phi) is 6.53. The van der Waals surface area contributed by atoms with Crippen molar-refractivity contribution in [2.24, 2.45) is 0 Å². The van der Waals surface area contributed by atoms with Crippen molar-refractivity contribution in [2.45, 2.75) is 52.4 Å². The highest BCUT2D eigenvalue weighted by Gasteiger charge is 2.31. The summed E-state index contributed by atoms with van der Waals surface area (Å²) in [5.41, 5.74) is 0.745. The van der Waals surface area contributed by atoms with Gasteiger partial charge in [0, 0.05) is 12.1 Å². The fraction of sp³-hybridized carbons (Fsp3) is 0.333. The highest BCUT2D eigenvalue weighted by Crippen LogP contribution is 2.19. The molecule has 2 aromatic carbocycles. The summed E-state index contributed by atoms with van der Waals surface area (Å²) in [7, 11) is 0. The first-order valence-electron chi connectivity index (χ1n) is 10.2. The number of fused-ring (bicyclic) bond motifs is 1. The molecule has 0 aliphatic heterocycles. The molecule has 0 fully saturated rings. The molecule has 7 heteroatoms. The van der Waals surface area contributed by atoms with Gasteiger partial charge in [0.1, 0.15) is 6.54 Å². The van der Waals surface area contributed by atoms with Crippen LogP contribution in [0.3, 0.4) is 0 Å². The SMILES string of the molecule is C[C@@H](OC(=O)Cn1cnc2ccccc2c1=O)C(=O)N(Cc1ccccc1)C(C)(C)C. The largest absolute Gasteiger partial charge is 0.451 e. The van der Waals surface area contributed by atoms with Crippen molar-refractivity contribution < 1.29 is 14.3 Å². The second kappa shape index (κ2) is 9.12. The fourth-order valence-corrected chi connectivity index (χ4v) is 3.27. The highest BCUT2D eigenvalue weighted by atomic mass is 16.5. The standard InChI is InChI=1S/C24H27N3O4/c1-17(22(29)27(24(2,3)4)14-18-10-6-5-7-11-18)31-21(28)15-26-16-25-20-13-9-8-12-19(20)23(26)30/h5-13,16-17H,14-15H2,1-4H3/t17-/m1/s1. The van der Waals surface area contributed by atoms with Crippen LogP contribution < -0.4 is 5.56 Å². The predicted octanol–water partition coefficient (Wildman–Crippen LogP) is 3.16. The monoisotopic (exact) mass is 421 g/mol. The zero-order chi connectivity index (χ0) is 22.6. The zero-order valence-electron chi connectivity index (χ0n) is 18.2. The number of hydrogen-bond acceptors (Lipinski definition) is 5. The molecule has 1 heterocycles. The maximum Gasteiger partial charge on any atom is 0.326 e. The first kappa shape index (κ1) is 22.2. The van der Waals surface area contributed by atoms with Crippen LogP contribution in [0.1, 0.15) is 33.3 Å². The summed E-state index contributed by atoms with van der Waals surface area (Å²) in [6.07, 6.45) is 0.328. The molecule has 1 aromatic heterocycles. The third-order valence-corrected chi connectivity index (χ3v) is 4.95. The molecule has 0 saturated carbocycles. The summed E-state index contributed by atoms with van der Waals surface area (Å²) in [6, 6.07) is 16.6. The Labute approximate surface area is 181 Å². The predicted molar refractivity (Wildman–Crippen MR) is 118 cm³/mol. The van der Waals surface area contributed by atoms with Crippen LogP contribution in [-0.2, 0) is 27.4 Å². The number of carbonyl (C=O) groups excluding carboxylic acids is 2. The van der Waals surface area contributed by atoms with E-state index in [4.69, 9.17) is 4.74 Å². The Bertz CT molecular complexity index is 1130. The maximum absolute atomic E-state index is 13.1. The molecule has 1 amide bonds. The summed E-state index contributed by atoms with van der Waals surface area (Å²) in [4.78, 5) is 44.0. The molecule has 0 saturated heterocycles. The van der Waals surface area contributed by atoms with Crippen molar-refractivity contribution in [3.8, 4) is 0 Å². The molecular weight excluding hydrogens is 394 g/mol. The minimum atomic E-state index is -0.987. The third kappa shape index (κ3) is 5.36. The normalized spacial score (nSPS) is 12.4. The molecule has 0 radical (unpaired) electrons. The number of hydrogen-bond donors (Lipinski definition) is 0. The van der Waals surface area contributed by atoms with Crippen LogP contribution in [0, 0.1) is 0 Å². The number of para-hydroxylation sites is 1. The molecule has 0 aliphatic rings. The smallest absolute Gasteiger partial charge is 0.326 e. The van der Waals surface area contributed by atoms with E-state index < -0.39 is 17.6 Å². The summed E-state index contributed by atoms with van der Waals surface area (Å²) in [5, 5.41) is 0.420. The van der Waals surface area contributed by atoms with Gasteiger partial charge in [0.25, 0.3) is 11.5 Å². The Morgan fingerprint density at radius 2 is 1.71 bits per heavy atom. The molecule has 0 N–H and O–H groups in total. The lowest BCUT2D eigenvalue weighted by Gasteiger charge is -2.37. The first-order chi connectivity index (χ1) is 14.7. The van der Waals surface area contributed by atoms with Crippen molar-refractivity contribution in [1.29, 1.82) is 0 Å².